The van der Waals surface area contributed by atoms with Crippen LogP contribution in [0.2, 0.25) is 10.0 Å². The lowest BCUT2D eigenvalue weighted by molar-refractivity contribution is 0.552. The first-order valence-corrected chi connectivity index (χ1v) is 6.72. The van der Waals surface area contributed by atoms with Gasteiger partial charge in [-0.1, -0.05) is 35.3 Å². The van der Waals surface area contributed by atoms with Crippen LogP contribution in [0.15, 0.2) is 36.4 Å². The maximum atomic E-state index is 13.1. The van der Waals surface area contributed by atoms with Crippen LogP contribution in [-0.2, 0) is 6.42 Å². The van der Waals surface area contributed by atoms with Crippen molar-refractivity contribution in [2.45, 2.75) is 12.5 Å². The summed E-state index contributed by atoms with van der Waals surface area (Å²) in [5.74, 6) is 5.14. The van der Waals surface area contributed by atoms with Gasteiger partial charge in [-0.25, -0.2) is 4.39 Å². The molecule has 0 fully saturated rings. The minimum absolute atomic E-state index is 0.0855. The minimum Gasteiger partial charge on any atom is -0.398 e. The van der Waals surface area contributed by atoms with E-state index >= 15 is 0 Å². The summed E-state index contributed by atoms with van der Waals surface area (Å²) in [4.78, 5) is 0. The van der Waals surface area contributed by atoms with E-state index < -0.39 is 5.82 Å². The number of hydrogen-bond donors (Lipinski definition) is 3. The largest absolute Gasteiger partial charge is 0.398 e. The van der Waals surface area contributed by atoms with E-state index in [0.29, 0.717) is 17.1 Å². The first kappa shape index (κ1) is 15.1. The van der Waals surface area contributed by atoms with Gasteiger partial charge in [0, 0.05) is 10.7 Å². The third kappa shape index (κ3) is 3.41. The Kier molecular flexibility index (Phi) is 4.83. The second-order valence-electron chi connectivity index (χ2n) is 4.45. The summed E-state index contributed by atoms with van der Waals surface area (Å²) in [6.45, 7) is 0. The van der Waals surface area contributed by atoms with E-state index in [1.165, 1.54) is 6.07 Å². The van der Waals surface area contributed by atoms with E-state index in [9.17, 15) is 4.39 Å². The molecule has 2 rings (SSSR count). The average molecular weight is 314 g/mol. The highest BCUT2D eigenvalue weighted by atomic mass is 35.5. The van der Waals surface area contributed by atoms with E-state index in [1.807, 2.05) is 6.07 Å². The van der Waals surface area contributed by atoms with Crippen molar-refractivity contribution >= 4 is 28.9 Å². The van der Waals surface area contributed by atoms with Crippen molar-refractivity contribution in [3.8, 4) is 0 Å². The van der Waals surface area contributed by atoms with Gasteiger partial charge in [-0.3, -0.25) is 11.3 Å². The molecule has 0 radical (unpaired) electrons. The fourth-order valence-electron chi connectivity index (χ4n) is 2.02. The molecule has 1 atom stereocenters. The molecule has 0 aliphatic rings. The topological polar surface area (TPSA) is 64.1 Å². The van der Waals surface area contributed by atoms with Crippen LogP contribution in [0.5, 0.6) is 0 Å². The Labute approximate surface area is 126 Å². The molecule has 106 valence electrons. The second kappa shape index (κ2) is 6.41. The van der Waals surface area contributed by atoms with Gasteiger partial charge in [-0.05, 0) is 41.8 Å². The standard InChI is InChI=1S/C14H14Cl2FN3/c15-9-2-3-10(13(18)7-9)14(20-19)6-8-1-4-12(17)11(16)5-8/h1-5,7,14,20H,6,18-19H2. The Morgan fingerprint density at radius 1 is 1.15 bits per heavy atom. The van der Waals surface area contributed by atoms with Gasteiger partial charge in [0.15, 0.2) is 0 Å². The molecule has 3 nitrogen and oxygen atoms in total. The molecule has 2 aromatic carbocycles. The van der Waals surface area contributed by atoms with E-state index in [0.717, 1.165) is 11.1 Å². The molecule has 20 heavy (non-hydrogen) atoms. The van der Waals surface area contributed by atoms with Gasteiger partial charge in [0.25, 0.3) is 0 Å². The third-order valence-corrected chi connectivity index (χ3v) is 3.57. The van der Waals surface area contributed by atoms with Crippen LogP contribution in [0.3, 0.4) is 0 Å². The zero-order chi connectivity index (χ0) is 14.7. The van der Waals surface area contributed by atoms with Crippen molar-refractivity contribution in [1.82, 2.24) is 5.43 Å². The number of nitrogens with two attached hydrogens (primary N) is 2. The van der Waals surface area contributed by atoms with Gasteiger partial charge in [0.05, 0.1) is 11.1 Å². The number of hydrogen-bond acceptors (Lipinski definition) is 3. The highest BCUT2D eigenvalue weighted by molar-refractivity contribution is 6.31. The monoisotopic (exact) mass is 313 g/mol. The smallest absolute Gasteiger partial charge is 0.141 e. The van der Waals surface area contributed by atoms with Gasteiger partial charge < -0.3 is 5.73 Å². The first-order chi connectivity index (χ1) is 9.51. The molecule has 1 unspecified atom stereocenters. The van der Waals surface area contributed by atoms with Crippen LogP contribution in [0, 0.1) is 5.82 Å². The number of benzene rings is 2. The van der Waals surface area contributed by atoms with E-state index in [-0.39, 0.29) is 11.1 Å². The fourth-order valence-corrected chi connectivity index (χ4v) is 2.41. The molecule has 0 aromatic heterocycles. The summed E-state index contributed by atoms with van der Waals surface area (Å²) in [5, 5.41) is 0.647. The predicted molar refractivity (Wildman–Crippen MR) is 81.0 cm³/mol. The Balaban J connectivity index is 2.26. The van der Waals surface area contributed by atoms with Crippen molar-refractivity contribution in [2.24, 2.45) is 5.84 Å². The molecular weight excluding hydrogens is 300 g/mol. The zero-order valence-electron chi connectivity index (χ0n) is 10.5. The van der Waals surface area contributed by atoms with Crippen molar-refractivity contribution in [1.29, 1.82) is 0 Å². The maximum Gasteiger partial charge on any atom is 0.141 e. The van der Waals surface area contributed by atoms with Gasteiger partial charge >= 0.3 is 0 Å². The van der Waals surface area contributed by atoms with Crippen molar-refractivity contribution in [2.75, 3.05) is 5.73 Å². The van der Waals surface area contributed by atoms with E-state index in [4.69, 9.17) is 34.8 Å². The lowest BCUT2D eigenvalue weighted by atomic mass is 9.98. The van der Waals surface area contributed by atoms with Crippen LogP contribution in [-0.4, -0.2) is 0 Å². The van der Waals surface area contributed by atoms with Crippen molar-refractivity contribution in [3.05, 3.63) is 63.4 Å². The molecule has 6 heteroatoms. The fraction of sp³-hybridized carbons (Fsp3) is 0.143. The van der Waals surface area contributed by atoms with Gasteiger partial charge in [0.2, 0.25) is 0 Å². The molecule has 0 bridgehead atoms. The highest BCUT2D eigenvalue weighted by Gasteiger charge is 2.14. The Morgan fingerprint density at radius 3 is 2.50 bits per heavy atom. The van der Waals surface area contributed by atoms with Gasteiger partial charge in [0.1, 0.15) is 5.82 Å². The highest BCUT2D eigenvalue weighted by Crippen LogP contribution is 2.27. The summed E-state index contributed by atoms with van der Waals surface area (Å²) in [6.07, 6.45) is 0.530. The Bertz CT molecular complexity index is 619. The molecule has 0 saturated carbocycles. The molecule has 0 amide bonds. The third-order valence-electron chi connectivity index (χ3n) is 3.05. The average Bonchev–Trinajstić information content (AvgIpc) is 2.41. The van der Waals surface area contributed by atoms with Crippen molar-refractivity contribution < 1.29 is 4.39 Å². The molecule has 2 aromatic rings. The van der Waals surface area contributed by atoms with Gasteiger partial charge in [-0.2, -0.15) is 0 Å². The lowest BCUT2D eigenvalue weighted by Crippen LogP contribution is -2.30. The number of anilines is 1. The second-order valence-corrected chi connectivity index (χ2v) is 5.29. The molecular formula is C14H14Cl2FN3. The van der Waals surface area contributed by atoms with Crippen LogP contribution < -0.4 is 17.0 Å². The molecule has 0 saturated heterocycles. The SMILES string of the molecule is NNC(Cc1ccc(F)c(Cl)c1)c1ccc(Cl)cc1N. The predicted octanol–water partition coefficient (Wildman–Crippen LogP) is 3.46. The van der Waals surface area contributed by atoms with Crippen LogP contribution >= 0.6 is 23.2 Å². The van der Waals surface area contributed by atoms with E-state index in [1.54, 1.807) is 24.3 Å². The molecule has 0 aliphatic heterocycles. The number of rotatable bonds is 4. The summed E-state index contributed by atoms with van der Waals surface area (Å²) >= 11 is 11.6. The minimum atomic E-state index is -0.446. The Hall–Kier alpha value is -1.33. The summed E-state index contributed by atoms with van der Waals surface area (Å²) in [7, 11) is 0. The van der Waals surface area contributed by atoms with Crippen molar-refractivity contribution in [3.63, 3.8) is 0 Å². The number of nitrogens with one attached hydrogen (secondary N) is 1. The summed E-state index contributed by atoms with van der Waals surface area (Å²) in [6, 6.07) is 9.58. The number of halogens is 3. The Morgan fingerprint density at radius 2 is 1.90 bits per heavy atom. The normalized spacial score (nSPS) is 12.4. The summed E-state index contributed by atoms with van der Waals surface area (Å²) in [5.41, 5.74) is 10.9. The number of nitrogen functional groups attached to an aromatic ring is 1. The zero-order valence-corrected chi connectivity index (χ0v) is 12.0. The summed E-state index contributed by atoms with van der Waals surface area (Å²) < 4.78 is 13.1. The van der Waals surface area contributed by atoms with Crippen LogP contribution in [0.25, 0.3) is 0 Å². The van der Waals surface area contributed by atoms with Crippen LogP contribution in [0.4, 0.5) is 10.1 Å². The molecule has 0 spiro atoms. The molecule has 0 heterocycles. The first-order valence-electron chi connectivity index (χ1n) is 5.96. The van der Waals surface area contributed by atoms with Crippen LogP contribution in [0.1, 0.15) is 17.2 Å². The maximum absolute atomic E-state index is 13.1. The quantitative estimate of drug-likeness (QED) is 0.460. The molecule has 0 aliphatic carbocycles. The van der Waals surface area contributed by atoms with Gasteiger partial charge in [-0.15, -0.1) is 0 Å². The lowest BCUT2D eigenvalue weighted by Gasteiger charge is -2.18. The van der Waals surface area contributed by atoms with E-state index in [2.05, 4.69) is 5.43 Å². The molecule has 5 N–H and O–H groups in total. The number of hydrazine groups is 1.